The van der Waals surface area contributed by atoms with E-state index < -0.39 is 6.67 Å². The van der Waals surface area contributed by atoms with Gasteiger partial charge >= 0.3 is 0 Å². The molecule has 2 aliphatic heterocycles. The molecule has 3 aromatic rings. The summed E-state index contributed by atoms with van der Waals surface area (Å²) in [6.07, 6.45) is 3.76. The van der Waals surface area contributed by atoms with Crippen LogP contribution in [0.25, 0.3) is 44.5 Å². The number of hydrogen-bond donors (Lipinski definition) is 1. The van der Waals surface area contributed by atoms with Crippen LogP contribution in [0.4, 0.5) is 10.1 Å². The molecule has 0 aromatic heterocycles. The Labute approximate surface area is 215 Å². The van der Waals surface area contributed by atoms with Gasteiger partial charge in [0.15, 0.2) is 0 Å². The first-order chi connectivity index (χ1) is 18.2. The second-order valence-corrected chi connectivity index (χ2v) is 9.60. The van der Waals surface area contributed by atoms with E-state index >= 15 is 0 Å². The predicted octanol–water partition coefficient (Wildman–Crippen LogP) is 6.76. The first-order valence-corrected chi connectivity index (χ1v) is 12.9. The summed E-state index contributed by atoms with van der Waals surface area (Å²) < 4.78 is 26.6. The number of nitrogens with zero attached hydrogens (tertiary/aromatic N) is 1. The number of halogens is 1. The van der Waals surface area contributed by atoms with Crippen molar-refractivity contribution in [3.63, 3.8) is 0 Å². The third-order valence-electron chi connectivity index (χ3n) is 7.16. The van der Waals surface area contributed by atoms with Crippen molar-refractivity contribution in [1.29, 1.82) is 0 Å². The van der Waals surface area contributed by atoms with Gasteiger partial charge in [0, 0.05) is 47.2 Å². The summed E-state index contributed by atoms with van der Waals surface area (Å²) in [5.41, 5.74) is 13.1. The minimum atomic E-state index is -0.495. The molecule has 186 valence electrons. The Morgan fingerprint density at radius 3 is 2.22 bits per heavy atom. The second-order valence-electron chi connectivity index (χ2n) is 9.60. The molecular weight excluding hydrogens is 463 g/mol. The number of nitrogen functional groups attached to an aromatic ring is 1. The van der Waals surface area contributed by atoms with Gasteiger partial charge < -0.3 is 14.9 Å². The third kappa shape index (κ3) is 4.69. The lowest BCUT2D eigenvalue weighted by Gasteiger charge is -2.16. The molecule has 1 fully saturated rings. The number of anilines is 1. The molecule has 0 radical (unpaired) electrons. The van der Waals surface area contributed by atoms with E-state index in [0.717, 1.165) is 57.6 Å². The highest BCUT2D eigenvalue weighted by Gasteiger charge is 2.20. The number of fused-ring (bicyclic) bond motifs is 2. The largest absolute Gasteiger partial charge is 0.491 e. The maximum absolute atomic E-state index is 12.4. The molecule has 3 aromatic carbocycles. The molecule has 0 saturated carbocycles. The molecule has 0 spiro atoms. The van der Waals surface area contributed by atoms with Crippen LogP contribution in [0.15, 0.2) is 89.3 Å². The lowest BCUT2D eigenvalue weighted by Crippen LogP contribution is -2.34. The van der Waals surface area contributed by atoms with Gasteiger partial charge in [-0.1, -0.05) is 36.4 Å². The first kappa shape index (κ1) is 23.3. The fraction of sp³-hybridized carbons (Fsp3) is 0.219. The van der Waals surface area contributed by atoms with Crippen molar-refractivity contribution in [2.45, 2.75) is 19.3 Å². The van der Waals surface area contributed by atoms with E-state index in [1.54, 1.807) is 0 Å². The van der Waals surface area contributed by atoms with E-state index in [9.17, 15) is 4.39 Å². The van der Waals surface area contributed by atoms with Crippen LogP contribution in [0.3, 0.4) is 0 Å². The predicted molar refractivity (Wildman–Crippen MR) is 148 cm³/mol. The SMILES string of the molecule is Nc1ccc2c(-c3ccc(-c4ccc(OCCF)cc4)cc3)c3ccc(=[N+]4CCCCC4)cc-3oc2c1. The van der Waals surface area contributed by atoms with E-state index in [1.165, 1.54) is 24.6 Å². The van der Waals surface area contributed by atoms with Gasteiger partial charge in [-0.2, -0.15) is 0 Å². The van der Waals surface area contributed by atoms with Crippen molar-refractivity contribution in [3.8, 4) is 39.3 Å². The van der Waals surface area contributed by atoms with Crippen molar-refractivity contribution in [2.24, 2.45) is 0 Å². The summed E-state index contributed by atoms with van der Waals surface area (Å²) in [5.74, 6) is 1.54. The lowest BCUT2D eigenvalue weighted by atomic mass is 9.92. The Morgan fingerprint density at radius 1 is 0.784 bits per heavy atom. The minimum absolute atomic E-state index is 0.0739. The highest BCUT2D eigenvalue weighted by atomic mass is 19.1. The molecule has 1 saturated heterocycles. The molecule has 37 heavy (non-hydrogen) atoms. The lowest BCUT2D eigenvalue weighted by molar-refractivity contribution is 0.273. The highest BCUT2D eigenvalue weighted by Crippen LogP contribution is 2.40. The van der Waals surface area contributed by atoms with E-state index in [4.69, 9.17) is 14.9 Å². The van der Waals surface area contributed by atoms with Crippen molar-refractivity contribution in [3.05, 3.63) is 90.3 Å². The molecule has 1 aliphatic carbocycles. The van der Waals surface area contributed by atoms with Crippen molar-refractivity contribution in [1.82, 2.24) is 4.58 Å². The van der Waals surface area contributed by atoms with Gasteiger partial charge in [-0.25, -0.2) is 8.97 Å². The number of piperidine rings is 1. The molecule has 4 nitrogen and oxygen atoms in total. The zero-order valence-corrected chi connectivity index (χ0v) is 20.8. The Kier molecular flexibility index (Phi) is 6.35. The van der Waals surface area contributed by atoms with Crippen LogP contribution in [0.2, 0.25) is 0 Å². The average molecular weight is 494 g/mol. The van der Waals surface area contributed by atoms with Gasteiger partial charge in [0.05, 0.1) is 6.07 Å². The summed E-state index contributed by atoms with van der Waals surface area (Å²) in [5, 5.41) is 2.24. The number of benzene rings is 4. The Balaban J connectivity index is 1.44. The average Bonchev–Trinajstić information content (AvgIpc) is 2.95. The molecule has 0 unspecified atom stereocenters. The topological polar surface area (TPSA) is 51.4 Å². The second kappa shape index (κ2) is 10.1. The third-order valence-corrected chi connectivity index (χ3v) is 7.16. The summed E-state index contributed by atoms with van der Waals surface area (Å²) in [4.78, 5) is 0. The molecule has 3 aliphatic rings. The van der Waals surface area contributed by atoms with Crippen LogP contribution in [0.1, 0.15) is 19.3 Å². The van der Waals surface area contributed by atoms with Crippen molar-refractivity contribution in [2.75, 3.05) is 32.1 Å². The summed E-state index contributed by atoms with van der Waals surface area (Å²) in [6, 6.07) is 28.8. The standard InChI is InChI=1S/C32H29FN2O2/c33-16-19-36-27-12-8-23(9-13-27)22-4-6-24(7-5-22)32-28-14-10-25(34)20-30(28)37-31-21-26(11-15-29(31)32)35-17-2-1-3-18-35/h4-15,20-21,34H,1-3,16-19H2/p+1. The Bertz CT molecular complexity index is 1580. The van der Waals surface area contributed by atoms with Crippen molar-refractivity contribution < 1.29 is 13.5 Å². The number of rotatable bonds is 5. The normalized spacial score (nSPS) is 13.8. The zero-order chi connectivity index (χ0) is 25.2. The number of ether oxygens (including phenoxy) is 1. The van der Waals surface area contributed by atoms with E-state index in [1.807, 2.05) is 42.5 Å². The van der Waals surface area contributed by atoms with Crippen LogP contribution < -0.4 is 20.4 Å². The summed E-state index contributed by atoms with van der Waals surface area (Å²) in [7, 11) is 0. The van der Waals surface area contributed by atoms with Crippen LogP contribution in [0.5, 0.6) is 5.75 Å². The number of alkyl halides is 1. The molecule has 5 heteroatoms. The maximum atomic E-state index is 12.4. The maximum Gasteiger partial charge on any atom is 0.203 e. The molecule has 6 rings (SSSR count). The summed E-state index contributed by atoms with van der Waals surface area (Å²) >= 11 is 0. The zero-order valence-electron chi connectivity index (χ0n) is 20.8. The van der Waals surface area contributed by atoms with E-state index in [0.29, 0.717) is 11.4 Å². The number of hydrogen-bond acceptors (Lipinski definition) is 3. The highest BCUT2D eigenvalue weighted by molar-refractivity contribution is 6.02. The van der Waals surface area contributed by atoms with Crippen molar-refractivity contribution >= 4 is 16.7 Å². The number of nitrogens with two attached hydrogens (primary N) is 1. The first-order valence-electron chi connectivity index (χ1n) is 12.9. The molecule has 0 amide bonds. The van der Waals surface area contributed by atoms with E-state index in [-0.39, 0.29) is 6.61 Å². The fourth-order valence-electron chi connectivity index (χ4n) is 5.28. The van der Waals surface area contributed by atoms with E-state index in [2.05, 4.69) is 47.0 Å². The van der Waals surface area contributed by atoms with Gasteiger partial charge in [-0.15, -0.1) is 0 Å². The monoisotopic (exact) mass is 493 g/mol. The minimum Gasteiger partial charge on any atom is -0.491 e. The fourth-order valence-corrected chi connectivity index (χ4v) is 5.28. The van der Waals surface area contributed by atoms with Gasteiger partial charge in [-0.05, 0) is 53.4 Å². The quantitative estimate of drug-likeness (QED) is 0.167. The van der Waals surface area contributed by atoms with Gasteiger partial charge in [-0.3, -0.25) is 0 Å². The Morgan fingerprint density at radius 2 is 1.49 bits per heavy atom. The van der Waals surface area contributed by atoms with Crippen LogP contribution in [-0.4, -0.2) is 26.4 Å². The van der Waals surface area contributed by atoms with Gasteiger partial charge in [0.1, 0.15) is 43.5 Å². The Hall–Kier alpha value is -4.12. The molecule has 2 N–H and O–H groups in total. The molecular formula is C32H30FN2O2+. The van der Waals surface area contributed by atoms with Gasteiger partial charge in [0.2, 0.25) is 5.36 Å². The molecule has 0 atom stereocenters. The summed E-state index contributed by atoms with van der Waals surface area (Å²) in [6.45, 7) is 1.75. The molecule has 0 bridgehead atoms. The smallest absolute Gasteiger partial charge is 0.203 e. The van der Waals surface area contributed by atoms with Crippen LogP contribution in [0, 0.1) is 0 Å². The van der Waals surface area contributed by atoms with Gasteiger partial charge in [0.25, 0.3) is 0 Å². The van der Waals surface area contributed by atoms with Crippen LogP contribution >= 0.6 is 0 Å². The van der Waals surface area contributed by atoms with Crippen LogP contribution in [-0.2, 0) is 0 Å². The molecule has 2 heterocycles.